The van der Waals surface area contributed by atoms with Crippen LogP contribution in [0.3, 0.4) is 0 Å². The van der Waals surface area contributed by atoms with Gasteiger partial charge in [0.05, 0.1) is 29.7 Å². The third-order valence-corrected chi connectivity index (χ3v) is 4.36. The standard InChI is InChI=1S/C16H14ClIN2O/c1-10-7-12(21-2)4-6-14(10)20-15-5-3-11(18)8-13(15)19-16(20)9-17/h3-8H,9H2,1-2H3. The van der Waals surface area contributed by atoms with Crippen molar-refractivity contribution in [3.8, 4) is 11.4 Å². The highest BCUT2D eigenvalue weighted by Gasteiger charge is 2.14. The maximum Gasteiger partial charge on any atom is 0.129 e. The molecule has 5 heteroatoms. The summed E-state index contributed by atoms with van der Waals surface area (Å²) in [5.41, 5.74) is 4.24. The molecule has 1 heterocycles. The number of hydrogen-bond donors (Lipinski definition) is 0. The van der Waals surface area contributed by atoms with E-state index < -0.39 is 0 Å². The van der Waals surface area contributed by atoms with E-state index in [4.69, 9.17) is 16.3 Å². The lowest BCUT2D eigenvalue weighted by Gasteiger charge is -2.12. The van der Waals surface area contributed by atoms with Crippen LogP contribution < -0.4 is 4.74 Å². The summed E-state index contributed by atoms with van der Waals surface area (Å²) in [4.78, 5) is 4.65. The van der Waals surface area contributed by atoms with Crippen LogP contribution in [0, 0.1) is 10.5 Å². The van der Waals surface area contributed by atoms with Crippen molar-refractivity contribution in [3.05, 3.63) is 51.4 Å². The van der Waals surface area contributed by atoms with E-state index in [-0.39, 0.29) is 0 Å². The predicted molar refractivity (Wildman–Crippen MR) is 94.6 cm³/mol. The lowest BCUT2D eigenvalue weighted by atomic mass is 10.2. The molecule has 0 aliphatic heterocycles. The van der Waals surface area contributed by atoms with Gasteiger partial charge in [-0.05, 0) is 71.5 Å². The Hall–Kier alpha value is -1.27. The Bertz CT molecular complexity index is 813. The number of benzene rings is 2. The topological polar surface area (TPSA) is 27.1 Å². The highest BCUT2D eigenvalue weighted by Crippen LogP contribution is 2.28. The fourth-order valence-electron chi connectivity index (χ4n) is 2.47. The number of nitrogens with zero attached hydrogens (tertiary/aromatic N) is 2. The molecule has 0 aliphatic rings. The van der Waals surface area contributed by atoms with E-state index in [1.807, 2.05) is 18.2 Å². The normalized spacial score (nSPS) is 11.0. The molecule has 0 fully saturated rings. The Morgan fingerprint density at radius 2 is 2.05 bits per heavy atom. The van der Waals surface area contributed by atoms with Crippen molar-refractivity contribution in [2.24, 2.45) is 0 Å². The van der Waals surface area contributed by atoms with Gasteiger partial charge in [-0.2, -0.15) is 0 Å². The number of methoxy groups -OCH3 is 1. The molecule has 2 aromatic carbocycles. The van der Waals surface area contributed by atoms with Gasteiger partial charge in [0, 0.05) is 3.57 Å². The van der Waals surface area contributed by atoms with Crippen molar-refractivity contribution in [2.75, 3.05) is 7.11 Å². The Labute approximate surface area is 142 Å². The van der Waals surface area contributed by atoms with E-state index in [9.17, 15) is 0 Å². The summed E-state index contributed by atoms with van der Waals surface area (Å²) >= 11 is 8.39. The molecule has 0 spiro atoms. The zero-order valence-corrected chi connectivity index (χ0v) is 14.6. The minimum absolute atomic E-state index is 0.372. The van der Waals surface area contributed by atoms with Crippen LogP contribution in [0.2, 0.25) is 0 Å². The van der Waals surface area contributed by atoms with Crippen LogP contribution in [0.1, 0.15) is 11.4 Å². The molecule has 0 N–H and O–H groups in total. The fraction of sp³-hybridized carbons (Fsp3) is 0.188. The number of hydrogen-bond acceptors (Lipinski definition) is 2. The molecule has 0 bridgehead atoms. The van der Waals surface area contributed by atoms with Gasteiger partial charge in [0.25, 0.3) is 0 Å². The smallest absolute Gasteiger partial charge is 0.129 e. The summed E-state index contributed by atoms with van der Waals surface area (Å²) in [6, 6.07) is 12.3. The Kier molecular flexibility index (Phi) is 4.08. The minimum atomic E-state index is 0.372. The van der Waals surface area contributed by atoms with E-state index in [1.165, 1.54) is 0 Å². The summed E-state index contributed by atoms with van der Waals surface area (Å²) in [5, 5.41) is 0. The zero-order valence-electron chi connectivity index (χ0n) is 11.7. The number of ether oxygens (including phenoxy) is 1. The van der Waals surface area contributed by atoms with Crippen molar-refractivity contribution in [1.82, 2.24) is 9.55 Å². The number of halogens is 2. The van der Waals surface area contributed by atoms with Crippen LogP contribution in [0.15, 0.2) is 36.4 Å². The molecule has 3 aromatic rings. The molecule has 0 unspecified atom stereocenters. The Morgan fingerprint density at radius 3 is 2.71 bits per heavy atom. The van der Waals surface area contributed by atoms with Crippen molar-refractivity contribution in [2.45, 2.75) is 12.8 Å². The van der Waals surface area contributed by atoms with Gasteiger partial charge in [0.2, 0.25) is 0 Å². The molecule has 0 atom stereocenters. The average Bonchev–Trinajstić information content (AvgIpc) is 2.84. The molecule has 0 radical (unpaired) electrons. The minimum Gasteiger partial charge on any atom is -0.497 e. The first-order valence-corrected chi connectivity index (χ1v) is 8.13. The predicted octanol–water partition coefficient (Wildman–Crippen LogP) is 4.69. The largest absolute Gasteiger partial charge is 0.497 e. The first-order valence-electron chi connectivity index (χ1n) is 6.52. The highest BCUT2D eigenvalue weighted by molar-refractivity contribution is 14.1. The molecule has 3 rings (SSSR count). The van der Waals surface area contributed by atoms with E-state index in [0.717, 1.165) is 37.4 Å². The first-order chi connectivity index (χ1) is 10.1. The molecule has 108 valence electrons. The van der Waals surface area contributed by atoms with E-state index >= 15 is 0 Å². The maximum atomic E-state index is 6.09. The molecule has 0 amide bonds. The maximum absolute atomic E-state index is 6.09. The van der Waals surface area contributed by atoms with Crippen molar-refractivity contribution in [3.63, 3.8) is 0 Å². The summed E-state index contributed by atoms with van der Waals surface area (Å²) in [6.45, 7) is 2.06. The van der Waals surface area contributed by atoms with Gasteiger partial charge < -0.3 is 4.74 Å². The molecule has 0 saturated carbocycles. The lowest BCUT2D eigenvalue weighted by molar-refractivity contribution is 0.414. The van der Waals surface area contributed by atoms with Crippen molar-refractivity contribution >= 4 is 45.2 Å². The fourth-order valence-corrected chi connectivity index (χ4v) is 3.12. The van der Waals surface area contributed by atoms with E-state index in [2.05, 4.69) is 57.3 Å². The van der Waals surface area contributed by atoms with Gasteiger partial charge in [0.15, 0.2) is 0 Å². The second kappa shape index (κ2) is 5.85. The molecule has 1 aromatic heterocycles. The summed E-state index contributed by atoms with van der Waals surface area (Å²) in [5.74, 6) is 2.07. The quantitative estimate of drug-likeness (QED) is 0.461. The van der Waals surface area contributed by atoms with Gasteiger partial charge in [-0.3, -0.25) is 4.57 Å². The third-order valence-electron chi connectivity index (χ3n) is 3.45. The van der Waals surface area contributed by atoms with Crippen LogP contribution in [-0.2, 0) is 5.88 Å². The van der Waals surface area contributed by atoms with E-state index in [1.54, 1.807) is 7.11 Å². The Balaban J connectivity index is 2.28. The van der Waals surface area contributed by atoms with Crippen molar-refractivity contribution in [1.29, 1.82) is 0 Å². The van der Waals surface area contributed by atoms with Crippen LogP contribution in [0.5, 0.6) is 5.75 Å². The van der Waals surface area contributed by atoms with Crippen molar-refractivity contribution < 1.29 is 4.74 Å². The number of aryl methyl sites for hydroxylation is 1. The van der Waals surface area contributed by atoms with Gasteiger partial charge in [-0.25, -0.2) is 4.98 Å². The monoisotopic (exact) mass is 412 g/mol. The molecular weight excluding hydrogens is 399 g/mol. The summed E-state index contributed by atoms with van der Waals surface area (Å²) < 4.78 is 8.56. The van der Waals surface area contributed by atoms with Crippen LogP contribution in [0.25, 0.3) is 16.7 Å². The zero-order chi connectivity index (χ0) is 15.0. The average molecular weight is 413 g/mol. The lowest BCUT2D eigenvalue weighted by Crippen LogP contribution is -2.01. The first kappa shape index (κ1) is 14.7. The SMILES string of the molecule is COc1ccc(-n2c(CCl)nc3cc(I)ccc32)c(C)c1. The number of rotatable bonds is 3. The molecule has 0 aliphatic carbocycles. The molecule has 0 saturated heterocycles. The van der Waals surface area contributed by atoms with Crippen LogP contribution in [0.4, 0.5) is 0 Å². The van der Waals surface area contributed by atoms with Crippen LogP contribution in [-0.4, -0.2) is 16.7 Å². The highest BCUT2D eigenvalue weighted by atomic mass is 127. The van der Waals surface area contributed by atoms with Gasteiger partial charge in [-0.15, -0.1) is 11.6 Å². The molecular formula is C16H14ClIN2O. The molecule has 3 nitrogen and oxygen atoms in total. The number of imidazole rings is 1. The number of fused-ring (bicyclic) bond motifs is 1. The van der Waals surface area contributed by atoms with E-state index in [0.29, 0.717) is 5.88 Å². The van der Waals surface area contributed by atoms with Gasteiger partial charge in [0.1, 0.15) is 11.6 Å². The Morgan fingerprint density at radius 1 is 1.24 bits per heavy atom. The van der Waals surface area contributed by atoms with Crippen LogP contribution >= 0.6 is 34.2 Å². The van der Waals surface area contributed by atoms with Gasteiger partial charge in [-0.1, -0.05) is 0 Å². The summed E-state index contributed by atoms with van der Waals surface area (Å²) in [7, 11) is 1.67. The second-order valence-electron chi connectivity index (χ2n) is 4.78. The number of aromatic nitrogens is 2. The molecule has 21 heavy (non-hydrogen) atoms. The summed E-state index contributed by atoms with van der Waals surface area (Å²) in [6.07, 6.45) is 0. The van der Waals surface area contributed by atoms with Gasteiger partial charge >= 0.3 is 0 Å². The second-order valence-corrected chi connectivity index (χ2v) is 6.30. The number of alkyl halides is 1. The third kappa shape index (κ3) is 2.62.